The maximum atomic E-state index is 12.7. The van der Waals surface area contributed by atoms with Crippen LogP contribution in [-0.2, 0) is 28.6 Å². The van der Waals surface area contributed by atoms with E-state index in [0.29, 0.717) is 19.3 Å². The van der Waals surface area contributed by atoms with Crippen LogP contribution in [0.1, 0.15) is 239 Å². The molecule has 0 heterocycles. The summed E-state index contributed by atoms with van der Waals surface area (Å²) in [6.07, 6.45) is 57.7. The van der Waals surface area contributed by atoms with E-state index >= 15 is 0 Å². The fourth-order valence-electron chi connectivity index (χ4n) is 6.74. The van der Waals surface area contributed by atoms with Crippen molar-refractivity contribution in [3.63, 3.8) is 0 Å². The Labute approximate surface area is 364 Å². The van der Waals surface area contributed by atoms with Gasteiger partial charge >= 0.3 is 17.9 Å². The standard InChI is InChI=1S/C53H92O6/c1-4-7-10-13-16-19-22-25-26-27-29-31-34-37-40-43-46-52(55)58-49-50(48-57-51(54)45-42-39-36-33-30-24-21-18-15-12-9-6-3)59-53(56)47-44-41-38-35-32-28-23-20-17-14-11-8-5-2/h8,11,17-18,20-21,26-28,32,50H,4-7,9-10,12-16,19,22-25,29-31,33-49H2,1-3H3/b11-8-,20-17-,21-18-,27-26-,32-28-. The van der Waals surface area contributed by atoms with E-state index in [-0.39, 0.29) is 31.1 Å². The summed E-state index contributed by atoms with van der Waals surface area (Å²) in [6, 6.07) is 0. The zero-order chi connectivity index (χ0) is 43.0. The maximum absolute atomic E-state index is 12.7. The zero-order valence-corrected chi connectivity index (χ0v) is 38.8. The first-order valence-electron chi connectivity index (χ1n) is 24.8. The topological polar surface area (TPSA) is 78.9 Å². The Kier molecular flexibility index (Phi) is 45.4. The van der Waals surface area contributed by atoms with Crippen LogP contribution in [0.4, 0.5) is 0 Å². The predicted octanol–water partition coefficient (Wildman–Crippen LogP) is 16.1. The molecular weight excluding hydrogens is 733 g/mol. The Morgan fingerprint density at radius 3 is 1.10 bits per heavy atom. The molecule has 0 aromatic rings. The van der Waals surface area contributed by atoms with Crippen molar-refractivity contribution in [1.29, 1.82) is 0 Å². The average molecular weight is 825 g/mol. The zero-order valence-electron chi connectivity index (χ0n) is 38.8. The van der Waals surface area contributed by atoms with Gasteiger partial charge in [0, 0.05) is 19.3 Å². The summed E-state index contributed by atoms with van der Waals surface area (Å²) < 4.78 is 16.7. The number of esters is 3. The Morgan fingerprint density at radius 2 is 0.661 bits per heavy atom. The van der Waals surface area contributed by atoms with Crippen LogP contribution < -0.4 is 0 Å². The number of carbonyl (C=O) groups is 3. The number of hydrogen-bond acceptors (Lipinski definition) is 6. The summed E-state index contributed by atoms with van der Waals surface area (Å²) in [4.78, 5) is 37.9. The summed E-state index contributed by atoms with van der Waals surface area (Å²) in [5.74, 6) is -0.939. The molecule has 0 aliphatic carbocycles. The molecule has 0 radical (unpaired) electrons. The first-order chi connectivity index (χ1) is 29.0. The fourth-order valence-corrected chi connectivity index (χ4v) is 6.74. The minimum absolute atomic E-state index is 0.0930. The van der Waals surface area contributed by atoms with Gasteiger partial charge in [-0.25, -0.2) is 0 Å². The molecule has 0 aliphatic heterocycles. The van der Waals surface area contributed by atoms with Gasteiger partial charge in [-0.2, -0.15) is 0 Å². The first-order valence-corrected chi connectivity index (χ1v) is 24.8. The van der Waals surface area contributed by atoms with Crippen molar-refractivity contribution >= 4 is 17.9 Å². The highest BCUT2D eigenvalue weighted by Gasteiger charge is 2.19. The molecule has 340 valence electrons. The SMILES string of the molecule is CC/C=C\C/C=C\C/C=C\CCCCCC(=O)OC(COC(=O)CCCCCCC/C=C\CCCCC)COC(=O)CCCCCCC/C=C\CCCCCCCCC. The minimum Gasteiger partial charge on any atom is -0.462 e. The van der Waals surface area contributed by atoms with Crippen LogP contribution in [0.2, 0.25) is 0 Å². The Balaban J connectivity index is 4.42. The Bertz CT molecular complexity index is 1090. The molecule has 6 nitrogen and oxygen atoms in total. The van der Waals surface area contributed by atoms with E-state index in [0.717, 1.165) is 96.3 Å². The van der Waals surface area contributed by atoms with E-state index < -0.39 is 6.10 Å². The Morgan fingerprint density at radius 1 is 0.356 bits per heavy atom. The summed E-state index contributed by atoms with van der Waals surface area (Å²) in [6.45, 7) is 6.45. The van der Waals surface area contributed by atoms with Gasteiger partial charge in [0.05, 0.1) is 0 Å². The molecule has 0 aromatic carbocycles. The summed E-state index contributed by atoms with van der Waals surface area (Å²) in [7, 11) is 0. The van der Waals surface area contributed by atoms with Crippen LogP contribution in [0.5, 0.6) is 0 Å². The van der Waals surface area contributed by atoms with Crippen molar-refractivity contribution in [2.45, 2.75) is 245 Å². The van der Waals surface area contributed by atoms with E-state index in [1.807, 2.05) is 0 Å². The molecule has 1 atom stereocenters. The third-order valence-electron chi connectivity index (χ3n) is 10.5. The summed E-state index contributed by atoms with van der Waals surface area (Å²) in [5.41, 5.74) is 0. The molecule has 59 heavy (non-hydrogen) atoms. The van der Waals surface area contributed by atoms with E-state index in [1.54, 1.807) is 0 Å². The van der Waals surface area contributed by atoms with Crippen LogP contribution in [0.3, 0.4) is 0 Å². The highest BCUT2D eigenvalue weighted by atomic mass is 16.6. The van der Waals surface area contributed by atoms with Crippen molar-refractivity contribution in [3.8, 4) is 0 Å². The van der Waals surface area contributed by atoms with Gasteiger partial charge in [0.2, 0.25) is 0 Å². The second-order valence-electron chi connectivity index (χ2n) is 16.3. The van der Waals surface area contributed by atoms with Crippen molar-refractivity contribution in [2.75, 3.05) is 13.2 Å². The molecule has 1 unspecified atom stereocenters. The lowest BCUT2D eigenvalue weighted by Gasteiger charge is -2.18. The van der Waals surface area contributed by atoms with E-state index in [9.17, 15) is 14.4 Å². The van der Waals surface area contributed by atoms with Crippen LogP contribution in [0.15, 0.2) is 60.8 Å². The quantitative estimate of drug-likeness (QED) is 0.0263. The van der Waals surface area contributed by atoms with Crippen LogP contribution in [0, 0.1) is 0 Å². The molecule has 0 saturated heterocycles. The first kappa shape index (κ1) is 56.1. The molecule has 0 aliphatic rings. The second kappa shape index (κ2) is 47.8. The molecule has 0 spiro atoms. The lowest BCUT2D eigenvalue weighted by molar-refractivity contribution is -0.167. The lowest BCUT2D eigenvalue weighted by atomic mass is 10.1. The van der Waals surface area contributed by atoms with Crippen molar-refractivity contribution < 1.29 is 28.6 Å². The predicted molar refractivity (Wildman–Crippen MR) is 251 cm³/mol. The smallest absolute Gasteiger partial charge is 0.306 e. The summed E-state index contributed by atoms with van der Waals surface area (Å²) >= 11 is 0. The molecule has 0 saturated carbocycles. The minimum atomic E-state index is -0.794. The summed E-state index contributed by atoms with van der Waals surface area (Å²) in [5, 5.41) is 0. The number of hydrogen-bond donors (Lipinski definition) is 0. The maximum Gasteiger partial charge on any atom is 0.306 e. The lowest BCUT2D eigenvalue weighted by Crippen LogP contribution is -2.30. The average Bonchev–Trinajstić information content (AvgIpc) is 3.23. The van der Waals surface area contributed by atoms with Gasteiger partial charge in [-0.1, -0.05) is 178 Å². The van der Waals surface area contributed by atoms with E-state index in [1.165, 1.54) is 103 Å². The second-order valence-corrected chi connectivity index (χ2v) is 16.3. The van der Waals surface area contributed by atoms with Gasteiger partial charge in [-0.3, -0.25) is 14.4 Å². The molecule has 0 aromatic heterocycles. The third-order valence-corrected chi connectivity index (χ3v) is 10.5. The van der Waals surface area contributed by atoms with Gasteiger partial charge in [0.1, 0.15) is 13.2 Å². The largest absolute Gasteiger partial charge is 0.462 e. The van der Waals surface area contributed by atoms with Gasteiger partial charge in [-0.15, -0.1) is 0 Å². The molecule has 0 amide bonds. The number of ether oxygens (including phenoxy) is 3. The normalized spacial score (nSPS) is 12.5. The molecular formula is C53H92O6. The van der Waals surface area contributed by atoms with E-state index in [2.05, 4.69) is 81.5 Å². The number of unbranched alkanes of at least 4 members (excludes halogenated alkanes) is 23. The van der Waals surface area contributed by atoms with Crippen LogP contribution >= 0.6 is 0 Å². The number of allylic oxidation sites excluding steroid dienone is 10. The molecule has 0 rings (SSSR count). The molecule has 0 N–H and O–H groups in total. The molecule has 0 bridgehead atoms. The highest BCUT2D eigenvalue weighted by molar-refractivity contribution is 5.71. The van der Waals surface area contributed by atoms with Crippen molar-refractivity contribution in [1.82, 2.24) is 0 Å². The van der Waals surface area contributed by atoms with Crippen LogP contribution in [0.25, 0.3) is 0 Å². The number of carbonyl (C=O) groups excluding carboxylic acids is 3. The van der Waals surface area contributed by atoms with Crippen molar-refractivity contribution in [2.24, 2.45) is 0 Å². The number of rotatable bonds is 44. The monoisotopic (exact) mass is 825 g/mol. The van der Waals surface area contributed by atoms with E-state index in [4.69, 9.17) is 14.2 Å². The van der Waals surface area contributed by atoms with Gasteiger partial charge < -0.3 is 14.2 Å². The Hall–Kier alpha value is -2.89. The van der Waals surface area contributed by atoms with Gasteiger partial charge in [0.25, 0.3) is 0 Å². The molecule has 0 fully saturated rings. The highest BCUT2D eigenvalue weighted by Crippen LogP contribution is 2.13. The fraction of sp³-hybridized carbons (Fsp3) is 0.755. The molecule has 6 heteroatoms. The van der Waals surface area contributed by atoms with Gasteiger partial charge in [-0.05, 0) is 103 Å². The van der Waals surface area contributed by atoms with Crippen molar-refractivity contribution in [3.05, 3.63) is 60.8 Å². The van der Waals surface area contributed by atoms with Crippen LogP contribution in [-0.4, -0.2) is 37.2 Å². The third kappa shape index (κ3) is 46.0. The van der Waals surface area contributed by atoms with Gasteiger partial charge in [0.15, 0.2) is 6.10 Å².